The molecule has 10 heteroatoms. The minimum Gasteiger partial charge on any atom is -0.337 e. The van der Waals surface area contributed by atoms with Crippen LogP contribution in [0.3, 0.4) is 0 Å². The maximum atomic E-state index is 13.2. The fourth-order valence-electron chi connectivity index (χ4n) is 3.09. The third-order valence-electron chi connectivity index (χ3n) is 4.65. The number of fused-ring (bicyclic) bond motifs is 1. The molecule has 0 atom stereocenters. The molecule has 0 unspecified atom stereocenters. The first kappa shape index (κ1) is 21.3. The zero-order valence-corrected chi connectivity index (χ0v) is 17.6. The van der Waals surface area contributed by atoms with E-state index in [-0.39, 0.29) is 5.56 Å². The van der Waals surface area contributed by atoms with E-state index in [2.05, 4.69) is 9.97 Å². The Morgan fingerprint density at radius 2 is 1.94 bits per heavy atom. The standard InChI is InChI=1S/C21H16ClF3N4OS/c22-16-3-1-4-17-18(16)27-20(31-17)29(11-2-10-28-12-9-26-13-28)19(30)14-5-7-15(8-6-14)21(23,24)25/h1,3-9,12-13H,2,10-11H2. The number of rotatable bonds is 6. The van der Waals surface area contributed by atoms with Crippen LogP contribution >= 0.6 is 22.9 Å². The predicted molar refractivity (Wildman–Crippen MR) is 115 cm³/mol. The van der Waals surface area contributed by atoms with Gasteiger partial charge in [0.2, 0.25) is 0 Å². The number of amides is 1. The largest absolute Gasteiger partial charge is 0.416 e. The first-order valence-corrected chi connectivity index (χ1v) is 10.5. The van der Waals surface area contributed by atoms with Gasteiger partial charge in [-0.25, -0.2) is 9.97 Å². The number of alkyl halides is 3. The SMILES string of the molecule is O=C(c1ccc(C(F)(F)F)cc1)N(CCCn1ccnc1)c1nc2c(Cl)cccc2s1. The summed E-state index contributed by atoms with van der Waals surface area (Å²) in [5, 5.41) is 0.916. The van der Waals surface area contributed by atoms with E-state index in [0.29, 0.717) is 35.2 Å². The molecule has 0 radical (unpaired) electrons. The van der Waals surface area contributed by atoms with Crippen molar-refractivity contribution in [3.8, 4) is 0 Å². The van der Waals surface area contributed by atoms with E-state index in [9.17, 15) is 18.0 Å². The molecule has 0 saturated carbocycles. The first-order valence-electron chi connectivity index (χ1n) is 9.33. The molecule has 160 valence electrons. The van der Waals surface area contributed by atoms with Gasteiger partial charge in [-0.3, -0.25) is 9.69 Å². The molecule has 0 spiro atoms. The van der Waals surface area contributed by atoms with Crippen molar-refractivity contribution in [3.63, 3.8) is 0 Å². The van der Waals surface area contributed by atoms with Gasteiger partial charge in [0.05, 0.1) is 21.6 Å². The van der Waals surface area contributed by atoms with E-state index in [1.54, 1.807) is 24.7 Å². The monoisotopic (exact) mass is 464 g/mol. The van der Waals surface area contributed by atoms with Crippen LogP contribution in [-0.4, -0.2) is 27.0 Å². The van der Waals surface area contributed by atoms with E-state index in [4.69, 9.17) is 11.6 Å². The zero-order valence-electron chi connectivity index (χ0n) is 16.0. The second-order valence-corrected chi connectivity index (χ2v) is 8.19. The van der Waals surface area contributed by atoms with Crippen molar-refractivity contribution in [1.82, 2.24) is 14.5 Å². The van der Waals surface area contributed by atoms with E-state index >= 15 is 0 Å². The second kappa shape index (κ2) is 8.68. The van der Waals surface area contributed by atoms with Gasteiger partial charge >= 0.3 is 6.18 Å². The van der Waals surface area contributed by atoms with E-state index in [0.717, 1.165) is 16.8 Å². The molecule has 2 aromatic carbocycles. The Morgan fingerprint density at radius 3 is 2.58 bits per heavy atom. The van der Waals surface area contributed by atoms with Crippen LogP contribution in [-0.2, 0) is 12.7 Å². The molecule has 4 aromatic rings. The number of nitrogens with zero attached hydrogens (tertiary/aromatic N) is 4. The highest BCUT2D eigenvalue weighted by molar-refractivity contribution is 7.22. The minimum atomic E-state index is -4.46. The van der Waals surface area contributed by atoms with Gasteiger partial charge in [-0.1, -0.05) is 29.0 Å². The summed E-state index contributed by atoms with van der Waals surface area (Å²) in [6.45, 7) is 0.956. The number of carbonyl (C=O) groups excluding carboxylic acids is 1. The molecular formula is C21H16ClF3N4OS. The Balaban J connectivity index is 1.63. The Labute approximate surface area is 184 Å². The van der Waals surface area contributed by atoms with E-state index in [1.807, 2.05) is 16.8 Å². The highest BCUT2D eigenvalue weighted by atomic mass is 35.5. The van der Waals surface area contributed by atoms with Gasteiger partial charge in [-0.05, 0) is 42.8 Å². The summed E-state index contributed by atoms with van der Waals surface area (Å²) in [6.07, 6.45) is 1.31. The average Bonchev–Trinajstić information content (AvgIpc) is 3.41. The number of aromatic nitrogens is 3. The molecule has 5 nitrogen and oxygen atoms in total. The Morgan fingerprint density at radius 1 is 1.16 bits per heavy atom. The summed E-state index contributed by atoms with van der Waals surface area (Å²) in [6, 6.07) is 9.57. The summed E-state index contributed by atoms with van der Waals surface area (Å²) in [5.74, 6) is -0.422. The lowest BCUT2D eigenvalue weighted by atomic mass is 10.1. The number of hydrogen-bond donors (Lipinski definition) is 0. The van der Waals surface area contributed by atoms with Crippen LogP contribution in [0.15, 0.2) is 61.2 Å². The van der Waals surface area contributed by atoms with Crippen molar-refractivity contribution in [2.75, 3.05) is 11.4 Å². The van der Waals surface area contributed by atoms with Gasteiger partial charge in [0, 0.05) is 31.0 Å². The van der Waals surface area contributed by atoms with Crippen LogP contribution in [0.25, 0.3) is 10.2 Å². The lowest BCUT2D eigenvalue weighted by molar-refractivity contribution is -0.137. The van der Waals surface area contributed by atoms with E-state index in [1.165, 1.54) is 28.4 Å². The molecule has 0 aliphatic heterocycles. The first-order chi connectivity index (χ1) is 14.8. The number of anilines is 1. The molecule has 0 fully saturated rings. The zero-order chi connectivity index (χ0) is 22.0. The molecule has 0 saturated heterocycles. The second-order valence-electron chi connectivity index (χ2n) is 6.77. The molecule has 2 heterocycles. The number of aryl methyl sites for hydroxylation is 1. The summed E-state index contributed by atoms with van der Waals surface area (Å²) < 4.78 is 41.3. The van der Waals surface area contributed by atoms with Crippen LogP contribution in [0.1, 0.15) is 22.3 Å². The molecule has 0 N–H and O–H groups in total. The van der Waals surface area contributed by atoms with Gasteiger partial charge < -0.3 is 4.57 Å². The third-order valence-corrected chi connectivity index (χ3v) is 6.00. The smallest absolute Gasteiger partial charge is 0.337 e. The normalized spacial score (nSPS) is 11.7. The molecule has 1 amide bonds. The van der Waals surface area contributed by atoms with Gasteiger partial charge in [0.1, 0.15) is 5.52 Å². The Kier molecular flexibility index (Phi) is 5.97. The molecule has 0 bridgehead atoms. The molecular weight excluding hydrogens is 449 g/mol. The van der Waals surface area contributed by atoms with Crippen LogP contribution in [0.4, 0.5) is 18.3 Å². The number of benzene rings is 2. The van der Waals surface area contributed by atoms with Crippen LogP contribution in [0.5, 0.6) is 0 Å². The summed E-state index contributed by atoms with van der Waals surface area (Å²) in [5.41, 5.74) is -0.0625. The number of para-hydroxylation sites is 1. The molecule has 0 aliphatic carbocycles. The molecule has 4 rings (SSSR count). The van der Waals surface area contributed by atoms with Crippen LogP contribution in [0, 0.1) is 0 Å². The number of hydrogen-bond acceptors (Lipinski definition) is 4. The quantitative estimate of drug-likeness (QED) is 0.357. The highest BCUT2D eigenvalue weighted by Gasteiger charge is 2.30. The Hall–Kier alpha value is -2.91. The number of halogens is 4. The summed E-state index contributed by atoms with van der Waals surface area (Å²) in [7, 11) is 0. The molecule has 31 heavy (non-hydrogen) atoms. The number of carbonyl (C=O) groups is 1. The fraction of sp³-hybridized carbons (Fsp3) is 0.190. The van der Waals surface area contributed by atoms with Gasteiger partial charge in [-0.15, -0.1) is 0 Å². The fourth-order valence-corrected chi connectivity index (χ4v) is 4.38. The van der Waals surface area contributed by atoms with Gasteiger partial charge in [-0.2, -0.15) is 13.2 Å². The summed E-state index contributed by atoms with van der Waals surface area (Å²) >= 11 is 7.54. The van der Waals surface area contributed by atoms with E-state index < -0.39 is 17.6 Å². The summed E-state index contributed by atoms with van der Waals surface area (Å²) in [4.78, 5) is 23.2. The maximum absolute atomic E-state index is 13.2. The maximum Gasteiger partial charge on any atom is 0.416 e. The molecule has 0 aliphatic rings. The average molecular weight is 465 g/mol. The predicted octanol–water partition coefficient (Wildman–Crippen LogP) is 5.90. The number of thiazole rings is 1. The van der Waals surface area contributed by atoms with Crippen molar-refractivity contribution in [1.29, 1.82) is 0 Å². The Bertz CT molecular complexity index is 1190. The van der Waals surface area contributed by atoms with Gasteiger partial charge in [0.15, 0.2) is 5.13 Å². The molecule has 2 aromatic heterocycles. The minimum absolute atomic E-state index is 0.154. The lowest BCUT2D eigenvalue weighted by Gasteiger charge is -2.20. The van der Waals surface area contributed by atoms with Crippen molar-refractivity contribution < 1.29 is 18.0 Å². The van der Waals surface area contributed by atoms with Crippen molar-refractivity contribution in [3.05, 3.63) is 77.3 Å². The van der Waals surface area contributed by atoms with Crippen molar-refractivity contribution in [2.45, 2.75) is 19.1 Å². The topological polar surface area (TPSA) is 51.0 Å². The van der Waals surface area contributed by atoms with Crippen molar-refractivity contribution in [2.24, 2.45) is 0 Å². The van der Waals surface area contributed by atoms with Gasteiger partial charge in [0.25, 0.3) is 5.91 Å². The number of imidazole rings is 1. The van der Waals surface area contributed by atoms with Crippen molar-refractivity contribution >= 4 is 44.2 Å². The third kappa shape index (κ3) is 4.72. The van der Waals surface area contributed by atoms with Crippen LogP contribution < -0.4 is 4.90 Å². The lowest BCUT2D eigenvalue weighted by Crippen LogP contribution is -2.32. The van der Waals surface area contributed by atoms with Crippen LogP contribution in [0.2, 0.25) is 5.02 Å². The highest BCUT2D eigenvalue weighted by Crippen LogP contribution is 2.34.